The molecule has 0 radical (unpaired) electrons. The molecule has 2 heteroatoms. The van der Waals surface area contributed by atoms with Crippen molar-refractivity contribution >= 4 is 0 Å². The minimum absolute atomic E-state index is 0.143. The van der Waals surface area contributed by atoms with Crippen LogP contribution >= 0.6 is 0 Å². The fourth-order valence-corrected chi connectivity index (χ4v) is 3.01. The molecule has 1 aliphatic heterocycles. The lowest BCUT2D eigenvalue weighted by Crippen LogP contribution is -2.41. The van der Waals surface area contributed by atoms with Gasteiger partial charge >= 0.3 is 0 Å². The number of likely N-dealkylation sites (tertiary alicyclic amines) is 1. The summed E-state index contributed by atoms with van der Waals surface area (Å²) in [7, 11) is 0. The molecule has 1 aliphatic rings. The minimum atomic E-state index is 0.143. The first-order valence-electron chi connectivity index (χ1n) is 7.14. The Kier molecular flexibility index (Phi) is 4.41. The predicted octanol–water partition coefficient (Wildman–Crippen LogP) is 3.18. The Morgan fingerprint density at radius 1 is 1.22 bits per heavy atom. The largest absolute Gasteiger partial charge is 0.323 e. The highest BCUT2D eigenvalue weighted by atomic mass is 15.2. The zero-order valence-electron chi connectivity index (χ0n) is 11.9. The van der Waals surface area contributed by atoms with Crippen molar-refractivity contribution in [2.75, 3.05) is 13.1 Å². The van der Waals surface area contributed by atoms with Crippen molar-refractivity contribution in [3.8, 4) is 0 Å². The van der Waals surface area contributed by atoms with Crippen molar-refractivity contribution < 1.29 is 0 Å². The smallest absolute Gasteiger partial charge is 0.0424 e. The Morgan fingerprint density at radius 3 is 2.50 bits per heavy atom. The van der Waals surface area contributed by atoms with Crippen molar-refractivity contribution in [3.05, 3.63) is 34.9 Å². The molecule has 2 N–H and O–H groups in total. The lowest BCUT2D eigenvalue weighted by Gasteiger charge is -2.35. The van der Waals surface area contributed by atoms with E-state index in [-0.39, 0.29) is 6.04 Å². The fraction of sp³-hybridized carbons (Fsp3) is 0.625. The first kappa shape index (κ1) is 13.6. The summed E-state index contributed by atoms with van der Waals surface area (Å²) >= 11 is 0. The van der Waals surface area contributed by atoms with E-state index in [0.29, 0.717) is 6.04 Å². The Bertz CT molecular complexity index is 380. The maximum Gasteiger partial charge on any atom is 0.0424 e. The summed E-state index contributed by atoms with van der Waals surface area (Å²) in [6, 6.07) is 7.50. The molecule has 0 amide bonds. The number of rotatable bonds is 3. The van der Waals surface area contributed by atoms with Crippen LogP contribution in [0.25, 0.3) is 0 Å². The molecule has 18 heavy (non-hydrogen) atoms. The molecule has 0 saturated carbocycles. The fourth-order valence-electron chi connectivity index (χ4n) is 3.01. The zero-order valence-corrected chi connectivity index (χ0v) is 11.9. The molecule has 0 bridgehead atoms. The van der Waals surface area contributed by atoms with Crippen LogP contribution in [0.3, 0.4) is 0 Å². The molecular formula is C16H26N2. The highest BCUT2D eigenvalue weighted by Gasteiger charge is 2.20. The Hall–Kier alpha value is -0.860. The van der Waals surface area contributed by atoms with Gasteiger partial charge in [0.1, 0.15) is 0 Å². The summed E-state index contributed by atoms with van der Waals surface area (Å²) < 4.78 is 0. The van der Waals surface area contributed by atoms with Gasteiger partial charge in [-0.3, -0.25) is 4.90 Å². The third-order valence-corrected chi connectivity index (χ3v) is 4.04. The standard InChI is InChI=1S/C16H26N2/c1-12-8-13(2)10-15(9-12)16(17)11-18-7-5-4-6-14(18)3/h8-10,14,16H,4-7,11,17H2,1-3H3. The summed E-state index contributed by atoms with van der Waals surface area (Å²) in [5, 5.41) is 0. The number of nitrogens with zero attached hydrogens (tertiary/aromatic N) is 1. The number of nitrogens with two attached hydrogens (primary N) is 1. The number of benzene rings is 1. The average Bonchev–Trinajstić information content (AvgIpc) is 2.31. The second-order valence-electron chi connectivity index (χ2n) is 5.87. The van der Waals surface area contributed by atoms with Crippen molar-refractivity contribution in [2.45, 2.75) is 52.1 Å². The first-order valence-corrected chi connectivity index (χ1v) is 7.14. The van der Waals surface area contributed by atoms with E-state index in [1.165, 1.54) is 42.5 Å². The number of piperidine rings is 1. The second-order valence-corrected chi connectivity index (χ2v) is 5.87. The third kappa shape index (κ3) is 3.33. The van der Waals surface area contributed by atoms with Crippen LogP contribution in [-0.4, -0.2) is 24.0 Å². The van der Waals surface area contributed by atoms with Crippen LogP contribution in [0, 0.1) is 13.8 Å². The monoisotopic (exact) mass is 246 g/mol. The third-order valence-electron chi connectivity index (χ3n) is 4.04. The van der Waals surface area contributed by atoms with Crippen LogP contribution < -0.4 is 5.73 Å². The van der Waals surface area contributed by atoms with Crippen LogP contribution in [0.5, 0.6) is 0 Å². The van der Waals surface area contributed by atoms with Crippen molar-refractivity contribution in [1.82, 2.24) is 4.90 Å². The number of aryl methyl sites for hydroxylation is 2. The SMILES string of the molecule is Cc1cc(C)cc(C(N)CN2CCCCC2C)c1. The van der Waals surface area contributed by atoms with Crippen LogP contribution in [0.4, 0.5) is 0 Å². The summed E-state index contributed by atoms with van der Waals surface area (Å²) in [4.78, 5) is 2.55. The van der Waals surface area contributed by atoms with Crippen molar-refractivity contribution in [1.29, 1.82) is 0 Å². The maximum absolute atomic E-state index is 6.38. The van der Waals surface area contributed by atoms with Crippen molar-refractivity contribution in [2.24, 2.45) is 5.73 Å². The van der Waals surface area contributed by atoms with Gasteiger partial charge < -0.3 is 5.73 Å². The van der Waals surface area contributed by atoms with E-state index in [1.807, 2.05) is 0 Å². The molecule has 0 spiro atoms. The summed E-state index contributed by atoms with van der Waals surface area (Å²) in [6.07, 6.45) is 4.01. The van der Waals surface area contributed by atoms with Crippen LogP contribution in [0.15, 0.2) is 18.2 Å². The molecule has 2 unspecified atom stereocenters. The lowest BCUT2D eigenvalue weighted by molar-refractivity contribution is 0.151. The predicted molar refractivity (Wildman–Crippen MR) is 77.7 cm³/mol. The highest BCUT2D eigenvalue weighted by molar-refractivity contribution is 5.30. The molecule has 2 rings (SSSR count). The van der Waals surface area contributed by atoms with Gasteiger partial charge in [-0.05, 0) is 45.7 Å². The molecule has 100 valence electrons. The number of hydrogen-bond acceptors (Lipinski definition) is 2. The molecule has 2 atom stereocenters. The van der Waals surface area contributed by atoms with Gasteiger partial charge in [0.15, 0.2) is 0 Å². The molecule has 2 nitrogen and oxygen atoms in total. The Balaban J connectivity index is 2.04. The van der Waals surface area contributed by atoms with Gasteiger partial charge in [-0.1, -0.05) is 35.7 Å². The molecule has 0 aromatic heterocycles. The van der Waals surface area contributed by atoms with E-state index in [2.05, 4.69) is 43.9 Å². The minimum Gasteiger partial charge on any atom is -0.323 e. The van der Waals surface area contributed by atoms with Crippen LogP contribution in [0.2, 0.25) is 0 Å². The van der Waals surface area contributed by atoms with E-state index in [9.17, 15) is 0 Å². The summed E-state index contributed by atoms with van der Waals surface area (Å²) in [6.45, 7) is 8.82. The Labute approximate surface area is 111 Å². The molecule has 1 heterocycles. The van der Waals surface area contributed by atoms with E-state index in [4.69, 9.17) is 5.73 Å². The molecule has 1 aromatic carbocycles. The molecule has 1 aromatic rings. The van der Waals surface area contributed by atoms with Gasteiger partial charge in [0.25, 0.3) is 0 Å². The van der Waals surface area contributed by atoms with E-state index in [1.54, 1.807) is 0 Å². The molecule has 0 aliphatic carbocycles. The number of hydrogen-bond donors (Lipinski definition) is 1. The molecule has 1 fully saturated rings. The van der Waals surface area contributed by atoms with Gasteiger partial charge in [-0.2, -0.15) is 0 Å². The van der Waals surface area contributed by atoms with E-state index < -0.39 is 0 Å². The van der Waals surface area contributed by atoms with E-state index in [0.717, 1.165) is 6.54 Å². The Morgan fingerprint density at radius 2 is 1.89 bits per heavy atom. The topological polar surface area (TPSA) is 29.3 Å². The van der Waals surface area contributed by atoms with Crippen molar-refractivity contribution in [3.63, 3.8) is 0 Å². The van der Waals surface area contributed by atoms with Gasteiger partial charge in [0.2, 0.25) is 0 Å². The zero-order chi connectivity index (χ0) is 13.1. The maximum atomic E-state index is 6.38. The van der Waals surface area contributed by atoms with E-state index >= 15 is 0 Å². The first-order chi connectivity index (χ1) is 8.56. The molecular weight excluding hydrogens is 220 g/mol. The molecule has 1 saturated heterocycles. The quantitative estimate of drug-likeness (QED) is 0.887. The normalized spacial score (nSPS) is 23.0. The van der Waals surface area contributed by atoms with Crippen LogP contribution in [-0.2, 0) is 0 Å². The second kappa shape index (κ2) is 5.85. The van der Waals surface area contributed by atoms with Gasteiger partial charge in [-0.25, -0.2) is 0 Å². The summed E-state index contributed by atoms with van der Waals surface area (Å²) in [5.41, 5.74) is 10.3. The van der Waals surface area contributed by atoms with Gasteiger partial charge in [0, 0.05) is 18.6 Å². The average molecular weight is 246 g/mol. The van der Waals surface area contributed by atoms with Gasteiger partial charge in [-0.15, -0.1) is 0 Å². The van der Waals surface area contributed by atoms with Crippen LogP contribution in [0.1, 0.15) is 48.9 Å². The lowest BCUT2D eigenvalue weighted by atomic mass is 9.99. The van der Waals surface area contributed by atoms with Gasteiger partial charge in [0.05, 0.1) is 0 Å². The highest BCUT2D eigenvalue weighted by Crippen LogP contribution is 2.21. The summed E-state index contributed by atoms with van der Waals surface area (Å²) in [5.74, 6) is 0.